The van der Waals surface area contributed by atoms with Crippen molar-refractivity contribution in [3.05, 3.63) is 28.7 Å². The molecule has 0 unspecified atom stereocenters. The van der Waals surface area contributed by atoms with Crippen LogP contribution in [0.5, 0.6) is 0 Å². The highest BCUT2D eigenvalue weighted by molar-refractivity contribution is 9.10. The highest BCUT2D eigenvalue weighted by atomic mass is 79.9. The van der Waals surface area contributed by atoms with Crippen molar-refractivity contribution in [3.63, 3.8) is 0 Å². The van der Waals surface area contributed by atoms with Crippen molar-refractivity contribution >= 4 is 33.6 Å². The number of hydrogen-bond donors (Lipinski definition) is 1. The fourth-order valence-electron chi connectivity index (χ4n) is 2.52. The number of amides is 1. The molecule has 1 fully saturated rings. The molecule has 1 amide bonds. The number of benzene rings is 1. The molecule has 2 rings (SSSR count). The second kappa shape index (κ2) is 8.81. The number of hydrogen-bond acceptors (Lipinski definition) is 3. The van der Waals surface area contributed by atoms with Gasteiger partial charge in [0.05, 0.1) is 0 Å². The van der Waals surface area contributed by atoms with Crippen LogP contribution in [0.3, 0.4) is 0 Å². The molecule has 116 valence electrons. The zero-order valence-corrected chi connectivity index (χ0v) is 14.9. The highest BCUT2D eigenvalue weighted by Crippen LogP contribution is 2.22. The summed E-state index contributed by atoms with van der Waals surface area (Å²) in [6.07, 6.45) is 3.78. The molecule has 1 saturated heterocycles. The maximum atomic E-state index is 12.1. The fraction of sp³-hybridized carbons (Fsp3) is 0.562. The predicted molar refractivity (Wildman–Crippen MR) is 92.8 cm³/mol. The molecule has 5 heteroatoms. The standard InChI is InChI=1S/C16H23BrN2OS/c1-18-14-8-10-19(11-9-14)16(20)3-2-12-21-15-6-4-13(17)5-7-15/h4-7,14,18H,2-3,8-12H2,1H3. The van der Waals surface area contributed by atoms with E-state index >= 15 is 0 Å². The van der Waals surface area contributed by atoms with E-state index in [0.29, 0.717) is 18.4 Å². The maximum Gasteiger partial charge on any atom is 0.222 e. The van der Waals surface area contributed by atoms with Gasteiger partial charge in [0.1, 0.15) is 0 Å². The number of carbonyl (C=O) groups excluding carboxylic acids is 1. The minimum atomic E-state index is 0.320. The molecule has 0 bridgehead atoms. The number of rotatable bonds is 6. The van der Waals surface area contributed by atoms with Gasteiger partial charge in [0.25, 0.3) is 0 Å². The number of carbonyl (C=O) groups is 1. The first-order chi connectivity index (χ1) is 10.2. The highest BCUT2D eigenvalue weighted by Gasteiger charge is 2.21. The lowest BCUT2D eigenvalue weighted by molar-refractivity contribution is -0.132. The molecule has 0 saturated carbocycles. The van der Waals surface area contributed by atoms with E-state index in [0.717, 1.165) is 42.6 Å². The number of likely N-dealkylation sites (tertiary alicyclic amines) is 1. The fourth-order valence-corrected chi connectivity index (χ4v) is 3.64. The summed E-state index contributed by atoms with van der Waals surface area (Å²) in [6.45, 7) is 1.81. The predicted octanol–water partition coefficient (Wildman–Crippen LogP) is 3.53. The van der Waals surface area contributed by atoms with Gasteiger partial charge in [-0.1, -0.05) is 15.9 Å². The van der Waals surface area contributed by atoms with Crippen LogP contribution in [-0.4, -0.2) is 42.7 Å². The van der Waals surface area contributed by atoms with Gasteiger partial charge in [0.15, 0.2) is 0 Å². The van der Waals surface area contributed by atoms with Crippen molar-refractivity contribution in [2.45, 2.75) is 36.6 Å². The average molecular weight is 371 g/mol. The molecule has 1 aliphatic rings. The quantitative estimate of drug-likeness (QED) is 0.613. The first-order valence-electron chi connectivity index (χ1n) is 7.52. The zero-order valence-electron chi connectivity index (χ0n) is 12.5. The lowest BCUT2D eigenvalue weighted by Gasteiger charge is -2.31. The number of halogens is 1. The van der Waals surface area contributed by atoms with Gasteiger partial charge in [-0.25, -0.2) is 0 Å². The van der Waals surface area contributed by atoms with Crippen LogP contribution in [0.2, 0.25) is 0 Å². The van der Waals surface area contributed by atoms with Crippen LogP contribution in [0.4, 0.5) is 0 Å². The first-order valence-corrected chi connectivity index (χ1v) is 9.30. The normalized spacial score (nSPS) is 16.2. The number of piperidine rings is 1. The summed E-state index contributed by atoms with van der Waals surface area (Å²) >= 11 is 5.26. The van der Waals surface area contributed by atoms with E-state index in [-0.39, 0.29) is 0 Å². The smallest absolute Gasteiger partial charge is 0.222 e. The lowest BCUT2D eigenvalue weighted by Crippen LogP contribution is -2.43. The van der Waals surface area contributed by atoms with E-state index < -0.39 is 0 Å². The summed E-state index contributed by atoms with van der Waals surface area (Å²) in [5.41, 5.74) is 0. The van der Waals surface area contributed by atoms with Crippen molar-refractivity contribution in [3.8, 4) is 0 Å². The second-order valence-corrected chi connectivity index (χ2v) is 7.43. The largest absolute Gasteiger partial charge is 0.343 e. The molecule has 1 heterocycles. The van der Waals surface area contributed by atoms with Crippen LogP contribution < -0.4 is 5.32 Å². The van der Waals surface area contributed by atoms with Gasteiger partial charge in [-0.3, -0.25) is 4.79 Å². The molecular weight excluding hydrogens is 348 g/mol. The molecule has 1 aliphatic heterocycles. The van der Waals surface area contributed by atoms with Crippen LogP contribution in [0.15, 0.2) is 33.6 Å². The first kappa shape index (κ1) is 16.8. The molecule has 1 aromatic rings. The van der Waals surface area contributed by atoms with Gasteiger partial charge in [0.2, 0.25) is 5.91 Å². The molecule has 21 heavy (non-hydrogen) atoms. The summed E-state index contributed by atoms with van der Waals surface area (Å²) in [7, 11) is 2.00. The van der Waals surface area contributed by atoms with E-state index in [1.807, 2.05) is 23.7 Å². The Hall–Kier alpha value is -0.520. The number of nitrogens with one attached hydrogen (secondary N) is 1. The Morgan fingerprint density at radius 1 is 1.33 bits per heavy atom. The van der Waals surface area contributed by atoms with Gasteiger partial charge in [-0.15, -0.1) is 11.8 Å². The monoisotopic (exact) mass is 370 g/mol. The van der Waals surface area contributed by atoms with Crippen LogP contribution >= 0.6 is 27.7 Å². The zero-order chi connectivity index (χ0) is 15.1. The summed E-state index contributed by atoms with van der Waals surface area (Å²) in [5, 5.41) is 3.29. The Morgan fingerprint density at radius 3 is 2.62 bits per heavy atom. The van der Waals surface area contributed by atoms with Crippen molar-refractivity contribution in [1.29, 1.82) is 0 Å². The molecule has 0 aliphatic carbocycles. The summed E-state index contributed by atoms with van der Waals surface area (Å²) in [4.78, 5) is 15.4. The third kappa shape index (κ3) is 5.64. The third-order valence-corrected chi connectivity index (χ3v) is 5.50. The van der Waals surface area contributed by atoms with Crippen LogP contribution in [0.1, 0.15) is 25.7 Å². The van der Waals surface area contributed by atoms with E-state index in [1.54, 1.807) is 0 Å². The molecule has 0 radical (unpaired) electrons. The molecule has 1 aromatic carbocycles. The van der Waals surface area contributed by atoms with Crippen molar-refractivity contribution in [1.82, 2.24) is 10.2 Å². The minimum absolute atomic E-state index is 0.320. The van der Waals surface area contributed by atoms with Gasteiger partial charge in [-0.05, 0) is 56.3 Å². The van der Waals surface area contributed by atoms with Crippen molar-refractivity contribution in [2.75, 3.05) is 25.9 Å². The Balaban J connectivity index is 1.62. The third-order valence-electron chi connectivity index (χ3n) is 3.87. The van der Waals surface area contributed by atoms with Gasteiger partial charge < -0.3 is 10.2 Å². The Bertz CT molecular complexity index is 444. The molecule has 3 nitrogen and oxygen atoms in total. The number of nitrogens with zero attached hydrogens (tertiary/aromatic N) is 1. The van der Waals surface area contributed by atoms with Gasteiger partial charge in [0, 0.05) is 34.9 Å². The van der Waals surface area contributed by atoms with E-state index in [4.69, 9.17) is 0 Å². The van der Waals surface area contributed by atoms with Crippen LogP contribution in [-0.2, 0) is 4.79 Å². The summed E-state index contributed by atoms with van der Waals surface area (Å²) in [6, 6.07) is 8.92. The molecule has 0 spiro atoms. The topological polar surface area (TPSA) is 32.3 Å². The summed E-state index contributed by atoms with van der Waals surface area (Å²) in [5.74, 6) is 1.32. The van der Waals surface area contributed by atoms with Gasteiger partial charge in [-0.2, -0.15) is 0 Å². The van der Waals surface area contributed by atoms with Crippen LogP contribution in [0, 0.1) is 0 Å². The molecular formula is C16H23BrN2OS. The van der Waals surface area contributed by atoms with E-state index in [9.17, 15) is 4.79 Å². The Morgan fingerprint density at radius 2 is 2.00 bits per heavy atom. The Labute approximate surface area is 140 Å². The molecule has 1 N–H and O–H groups in total. The van der Waals surface area contributed by atoms with Crippen molar-refractivity contribution in [2.24, 2.45) is 0 Å². The molecule has 0 atom stereocenters. The number of thioether (sulfide) groups is 1. The average Bonchev–Trinajstić information content (AvgIpc) is 2.53. The molecule has 0 aromatic heterocycles. The van der Waals surface area contributed by atoms with E-state index in [2.05, 4.69) is 45.5 Å². The van der Waals surface area contributed by atoms with Crippen molar-refractivity contribution < 1.29 is 4.79 Å². The lowest BCUT2D eigenvalue weighted by atomic mass is 10.0. The summed E-state index contributed by atoms with van der Waals surface area (Å²) < 4.78 is 1.10. The minimum Gasteiger partial charge on any atom is -0.343 e. The Kier molecular flexibility index (Phi) is 7.07. The second-order valence-electron chi connectivity index (χ2n) is 5.35. The SMILES string of the molecule is CNC1CCN(C(=O)CCCSc2ccc(Br)cc2)CC1. The van der Waals surface area contributed by atoms with E-state index in [1.165, 1.54) is 4.90 Å². The maximum absolute atomic E-state index is 12.1. The van der Waals surface area contributed by atoms with Crippen LogP contribution in [0.25, 0.3) is 0 Å². The van der Waals surface area contributed by atoms with Gasteiger partial charge >= 0.3 is 0 Å².